The smallest absolute Gasteiger partial charge is 0.305 e. The minimum absolute atomic E-state index is 0.131. The maximum absolute atomic E-state index is 11.3. The predicted octanol–water partition coefficient (Wildman–Crippen LogP) is 2.27. The number of rotatable bonds is 9. The number of nitrogens with one attached hydrogen (secondary N) is 1. The monoisotopic (exact) mass is 243 g/mol. The Labute approximate surface area is 104 Å². The van der Waals surface area contributed by atoms with Crippen LogP contribution >= 0.6 is 0 Å². The third-order valence-corrected chi connectivity index (χ3v) is 2.47. The topological polar surface area (TPSA) is 55.4 Å². The number of amides is 1. The summed E-state index contributed by atoms with van der Waals surface area (Å²) in [5.41, 5.74) is 0. The van der Waals surface area contributed by atoms with Gasteiger partial charge in [-0.2, -0.15) is 0 Å². The first-order chi connectivity index (χ1) is 8.06. The Morgan fingerprint density at radius 3 is 2.18 bits per heavy atom. The van der Waals surface area contributed by atoms with E-state index in [9.17, 15) is 9.59 Å². The molecular weight excluding hydrogens is 218 g/mol. The largest absolute Gasteiger partial charge is 0.469 e. The number of carbonyl (C=O) groups excluding carboxylic acids is 2. The lowest BCUT2D eigenvalue weighted by molar-refractivity contribution is -0.140. The minimum Gasteiger partial charge on any atom is -0.469 e. The van der Waals surface area contributed by atoms with Gasteiger partial charge in [-0.05, 0) is 18.8 Å². The molecule has 4 nitrogen and oxygen atoms in total. The number of unbranched alkanes of at least 4 members (excludes halogenated alkanes) is 3. The second-order valence-corrected chi connectivity index (χ2v) is 4.69. The molecular formula is C13H25NO3. The molecule has 0 aromatic carbocycles. The first-order valence-corrected chi connectivity index (χ1v) is 6.39. The Morgan fingerprint density at radius 1 is 1.06 bits per heavy atom. The van der Waals surface area contributed by atoms with Gasteiger partial charge in [-0.3, -0.25) is 9.59 Å². The molecule has 0 saturated heterocycles. The summed E-state index contributed by atoms with van der Waals surface area (Å²) in [6.45, 7) is 4.90. The molecule has 0 bridgehead atoms. The van der Waals surface area contributed by atoms with E-state index in [-0.39, 0.29) is 11.9 Å². The summed E-state index contributed by atoms with van der Waals surface area (Å²) < 4.78 is 4.55. The summed E-state index contributed by atoms with van der Waals surface area (Å²) in [7, 11) is 1.40. The third-order valence-electron chi connectivity index (χ3n) is 2.47. The lowest BCUT2D eigenvalue weighted by Gasteiger charge is -2.07. The molecule has 0 saturated carbocycles. The van der Waals surface area contributed by atoms with E-state index in [1.165, 1.54) is 7.11 Å². The molecule has 0 radical (unpaired) electrons. The SMILES string of the molecule is COC(=O)CCCCCCC(=O)NCC(C)C. The van der Waals surface area contributed by atoms with Gasteiger partial charge in [-0.1, -0.05) is 26.7 Å². The van der Waals surface area contributed by atoms with E-state index in [2.05, 4.69) is 23.9 Å². The summed E-state index contributed by atoms with van der Waals surface area (Å²) in [5, 5.41) is 2.89. The lowest BCUT2D eigenvalue weighted by Crippen LogP contribution is -2.26. The van der Waals surface area contributed by atoms with Crippen LogP contribution in [0.5, 0.6) is 0 Å². The van der Waals surface area contributed by atoms with Crippen LogP contribution < -0.4 is 5.32 Å². The van der Waals surface area contributed by atoms with Gasteiger partial charge in [0.05, 0.1) is 7.11 Å². The summed E-state index contributed by atoms with van der Waals surface area (Å²) in [4.78, 5) is 22.2. The Morgan fingerprint density at radius 2 is 1.65 bits per heavy atom. The summed E-state index contributed by atoms with van der Waals surface area (Å²) >= 11 is 0. The fourth-order valence-corrected chi connectivity index (χ4v) is 1.42. The van der Waals surface area contributed by atoms with Gasteiger partial charge >= 0.3 is 5.97 Å². The molecule has 0 atom stereocenters. The molecule has 0 aromatic rings. The second-order valence-electron chi connectivity index (χ2n) is 4.69. The minimum atomic E-state index is -0.153. The van der Waals surface area contributed by atoms with Crippen molar-refractivity contribution >= 4 is 11.9 Å². The van der Waals surface area contributed by atoms with Crippen LogP contribution in [0.2, 0.25) is 0 Å². The number of carbonyl (C=O) groups is 2. The summed E-state index contributed by atoms with van der Waals surface area (Å²) in [5.74, 6) is 0.477. The van der Waals surface area contributed by atoms with E-state index in [4.69, 9.17) is 0 Å². The van der Waals surface area contributed by atoms with Crippen molar-refractivity contribution in [2.24, 2.45) is 5.92 Å². The van der Waals surface area contributed by atoms with Gasteiger partial charge in [-0.15, -0.1) is 0 Å². The lowest BCUT2D eigenvalue weighted by atomic mass is 10.1. The number of esters is 1. The molecule has 17 heavy (non-hydrogen) atoms. The molecule has 0 aliphatic rings. The van der Waals surface area contributed by atoms with Gasteiger partial charge in [0.25, 0.3) is 0 Å². The van der Waals surface area contributed by atoms with E-state index in [0.29, 0.717) is 18.8 Å². The normalized spacial score (nSPS) is 10.4. The number of ether oxygens (including phenoxy) is 1. The fraction of sp³-hybridized carbons (Fsp3) is 0.846. The zero-order valence-corrected chi connectivity index (χ0v) is 11.3. The van der Waals surface area contributed by atoms with Gasteiger partial charge in [-0.25, -0.2) is 0 Å². The quantitative estimate of drug-likeness (QED) is 0.499. The van der Waals surface area contributed by atoms with Crippen LogP contribution in [0.25, 0.3) is 0 Å². The maximum atomic E-state index is 11.3. The predicted molar refractivity (Wildman–Crippen MR) is 67.6 cm³/mol. The first kappa shape index (κ1) is 15.9. The van der Waals surface area contributed by atoms with Crippen molar-refractivity contribution in [2.45, 2.75) is 52.4 Å². The van der Waals surface area contributed by atoms with E-state index in [1.54, 1.807) is 0 Å². The van der Waals surface area contributed by atoms with E-state index in [0.717, 1.165) is 32.2 Å². The maximum Gasteiger partial charge on any atom is 0.305 e. The highest BCUT2D eigenvalue weighted by Crippen LogP contribution is 2.06. The Kier molecular flexibility index (Phi) is 9.49. The summed E-state index contributed by atoms with van der Waals surface area (Å²) in [6, 6.07) is 0. The highest BCUT2D eigenvalue weighted by atomic mass is 16.5. The van der Waals surface area contributed by atoms with Crippen LogP contribution in [0.3, 0.4) is 0 Å². The van der Waals surface area contributed by atoms with Crippen LogP contribution in [0, 0.1) is 5.92 Å². The molecule has 4 heteroatoms. The van der Waals surface area contributed by atoms with Gasteiger partial charge in [0.2, 0.25) is 5.91 Å². The highest BCUT2D eigenvalue weighted by Gasteiger charge is 2.03. The molecule has 0 aliphatic carbocycles. The molecule has 0 spiro atoms. The zero-order chi connectivity index (χ0) is 13.1. The van der Waals surface area contributed by atoms with Crippen molar-refractivity contribution in [1.82, 2.24) is 5.32 Å². The van der Waals surface area contributed by atoms with Crippen LogP contribution in [0.4, 0.5) is 0 Å². The zero-order valence-electron chi connectivity index (χ0n) is 11.3. The molecule has 0 aromatic heterocycles. The highest BCUT2D eigenvalue weighted by molar-refractivity contribution is 5.75. The van der Waals surface area contributed by atoms with Crippen LogP contribution in [0.1, 0.15) is 52.4 Å². The molecule has 0 rings (SSSR count). The van der Waals surface area contributed by atoms with Gasteiger partial charge in [0.15, 0.2) is 0 Å². The van der Waals surface area contributed by atoms with Crippen molar-refractivity contribution in [3.05, 3.63) is 0 Å². The molecule has 0 fully saturated rings. The average Bonchev–Trinajstić information content (AvgIpc) is 2.30. The van der Waals surface area contributed by atoms with Crippen molar-refractivity contribution in [3.63, 3.8) is 0 Å². The van der Waals surface area contributed by atoms with Crippen molar-refractivity contribution in [3.8, 4) is 0 Å². The number of hydrogen-bond acceptors (Lipinski definition) is 3. The fourth-order valence-electron chi connectivity index (χ4n) is 1.42. The van der Waals surface area contributed by atoms with Crippen LogP contribution in [-0.2, 0) is 14.3 Å². The second kappa shape index (κ2) is 10.1. The molecule has 100 valence electrons. The average molecular weight is 243 g/mol. The molecule has 0 unspecified atom stereocenters. The Bertz CT molecular complexity index is 227. The van der Waals surface area contributed by atoms with Gasteiger partial charge in [0, 0.05) is 19.4 Å². The van der Waals surface area contributed by atoms with Gasteiger partial charge in [0.1, 0.15) is 0 Å². The molecule has 1 amide bonds. The third kappa shape index (κ3) is 11.2. The Balaban J connectivity index is 3.27. The van der Waals surface area contributed by atoms with Crippen molar-refractivity contribution in [2.75, 3.05) is 13.7 Å². The van der Waals surface area contributed by atoms with Gasteiger partial charge < -0.3 is 10.1 Å². The summed E-state index contributed by atoms with van der Waals surface area (Å²) in [6.07, 6.45) is 4.78. The number of hydrogen-bond donors (Lipinski definition) is 1. The van der Waals surface area contributed by atoms with Crippen molar-refractivity contribution < 1.29 is 14.3 Å². The molecule has 0 aliphatic heterocycles. The number of methoxy groups -OCH3 is 1. The first-order valence-electron chi connectivity index (χ1n) is 6.39. The van der Waals surface area contributed by atoms with Crippen LogP contribution in [-0.4, -0.2) is 25.5 Å². The Hall–Kier alpha value is -1.06. The molecule has 0 heterocycles. The van der Waals surface area contributed by atoms with Crippen LogP contribution in [0.15, 0.2) is 0 Å². The van der Waals surface area contributed by atoms with Crippen molar-refractivity contribution in [1.29, 1.82) is 0 Å². The standard InChI is InChI=1S/C13H25NO3/c1-11(2)10-14-12(15)8-6-4-5-7-9-13(16)17-3/h11H,4-10H2,1-3H3,(H,14,15). The molecule has 1 N–H and O–H groups in total. The van der Waals surface area contributed by atoms with E-state index < -0.39 is 0 Å². The van der Waals surface area contributed by atoms with E-state index >= 15 is 0 Å². The van der Waals surface area contributed by atoms with E-state index in [1.807, 2.05) is 0 Å².